The van der Waals surface area contributed by atoms with Crippen LogP contribution in [-0.4, -0.2) is 36.7 Å². The third-order valence-corrected chi connectivity index (χ3v) is 8.06. The summed E-state index contributed by atoms with van der Waals surface area (Å²) >= 11 is 7.34. The Morgan fingerprint density at radius 2 is 2.00 bits per heavy atom. The number of carbonyl (C=O) groups is 1. The minimum absolute atomic E-state index is 0.198. The maximum atomic E-state index is 12.8. The van der Waals surface area contributed by atoms with E-state index in [1.165, 1.54) is 39.9 Å². The molecule has 0 radical (unpaired) electrons. The van der Waals surface area contributed by atoms with Crippen molar-refractivity contribution in [2.75, 3.05) is 18.5 Å². The van der Waals surface area contributed by atoms with Gasteiger partial charge in [0, 0.05) is 23.7 Å². The second-order valence-electron chi connectivity index (χ2n) is 7.35. The third-order valence-electron chi connectivity index (χ3n) is 5.01. The Hall–Kier alpha value is -2.20. The van der Waals surface area contributed by atoms with Crippen molar-refractivity contribution in [2.45, 2.75) is 24.7 Å². The summed E-state index contributed by atoms with van der Waals surface area (Å²) in [5.74, 6) is -0.0361. The van der Waals surface area contributed by atoms with Gasteiger partial charge < -0.3 is 0 Å². The number of fused-ring (bicyclic) bond motifs is 1. The molecular formula is C20H21ClN4O3S2. The lowest BCUT2D eigenvalue weighted by molar-refractivity contribution is 0.0962. The number of rotatable bonds is 5. The molecule has 30 heavy (non-hydrogen) atoms. The van der Waals surface area contributed by atoms with Crippen LogP contribution in [-0.2, 0) is 10.0 Å². The van der Waals surface area contributed by atoms with E-state index in [1.54, 1.807) is 6.07 Å². The number of hydrogen-bond acceptors (Lipinski definition) is 6. The Labute approximate surface area is 184 Å². The van der Waals surface area contributed by atoms with Gasteiger partial charge in [-0.05, 0) is 61.2 Å². The van der Waals surface area contributed by atoms with E-state index in [4.69, 9.17) is 11.6 Å². The van der Waals surface area contributed by atoms with Gasteiger partial charge in [0.05, 0.1) is 15.1 Å². The van der Waals surface area contributed by atoms with E-state index in [1.807, 2.05) is 12.1 Å². The highest BCUT2D eigenvalue weighted by Crippen LogP contribution is 2.28. The molecular weight excluding hydrogens is 444 g/mol. The second kappa shape index (κ2) is 8.50. The minimum atomic E-state index is -3.54. The van der Waals surface area contributed by atoms with Gasteiger partial charge >= 0.3 is 0 Å². The van der Waals surface area contributed by atoms with Crippen LogP contribution in [0.1, 0.15) is 30.1 Å². The molecule has 0 aliphatic carbocycles. The van der Waals surface area contributed by atoms with Gasteiger partial charge in [-0.15, -0.1) is 0 Å². The van der Waals surface area contributed by atoms with Crippen LogP contribution in [0.3, 0.4) is 0 Å². The van der Waals surface area contributed by atoms with Crippen molar-refractivity contribution in [1.82, 2.24) is 14.7 Å². The molecule has 3 aromatic rings. The molecule has 0 saturated carbocycles. The number of sulfonamides is 1. The van der Waals surface area contributed by atoms with Crippen LogP contribution in [0.25, 0.3) is 10.2 Å². The molecule has 2 heterocycles. The third kappa shape index (κ3) is 4.44. The van der Waals surface area contributed by atoms with Crippen molar-refractivity contribution in [3.8, 4) is 0 Å². The molecule has 2 aromatic carbocycles. The van der Waals surface area contributed by atoms with Gasteiger partial charge in [-0.25, -0.2) is 13.4 Å². The number of nitrogens with one attached hydrogen (secondary N) is 2. The summed E-state index contributed by atoms with van der Waals surface area (Å²) in [7, 11) is -3.54. The van der Waals surface area contributed by atoms with Crippen LogP contribution in [0.4, 0.5) is 5.13 Å². The summed E-state index contributed by atoms with van der Waals surface area (Å²) < 4.78 is 28.1. The first-order chi connectivity index (χ1) is 14.3. The number of nitrogens with zero attached hydrogens (tertiary/aromatic N) is 2. The molecule has 1 aliphatic heterocycles. The fraction of sp³-hybridized carbons (Fsp3) is 0.300. The molecule has 7 nitrogen and oxygen atoms in total. The zero-order chi connectivity index (χ0) is 21.3. The zero-order valence-electron chi connectivity index (χ0n) is 16.3. The molecule has 1 aromatic heterocycles. The van der Waals surface area contributed by atoms with Gasteiger partial charge in [-0.3, -0.25) is 15.6 Å². The van der Waals surface area contributed by atoms with Crippen LogP contribution < -0.4 is 10.9 Å². The summed E-state index contributed by atoms with van der Waals surface area (Å²) in [6.45, 7) is 3.12. The Bertz CT molecular complexity index is 1180. The normalized spacial score (nSPS) is 17.7. The summed E-state index contributed by atoms with van der Waals surface area (Å²) in [4.78, 5) is 17.0. The lowest BCUT2D eigenvalue weighted by atomic mass is 10.0. The number of aromatic nitrogens is 1. The van der Waals surface area contributed by atoms with Crippen molar-refractivity contribution >= 4 is 54.2 Å². The molecule has 10 heteroatoms. The van der Waals surface area contributed by atoms with Gasteiger partial charge in [0.1, 0.15) is 0 Å². The molecule has 0 unspecified atom stereocenters. The summed E-state index contributed by atoms with van der Waals surface area (Å²) in [6, 6.07) is 11.3. The molecule has 1 saturated heterocycles. The standard InChI is InChI=1S/C20H21ClN4O3S2/c1-13-3-2-10-25(12-13)30(27,28)16-7-4-14(5-8-16)19(26)23-24-20-22-17-9-6-15(21)11-18(17)29-20/h4-9,11,13H,2-3,10,12H2,1H3,(H,22,24)(H,23,26)/t13-/m0/s1. The first-order valence-corrected chi connectivity index (χ1v) is 12.2. The first kappa shape index (κ1) is 21.0. The van der Waals surface area contributed by atoms with Gasteiger partial charge in [-0.1, -0.05) is 29.9 Å². The predicted octanol–water partition coefficient (Wildman–Crippen LogP) is 4.13. The molecule has 4 rings (SSSR count). The van der Waals surface area contributed by atoms with E-state index < -0.39 is 10.0 Å². The van der Waals surface area contributed by atoms with E-state index in [-0.39, 0.29) is 10.8 Å². The zero-order valence-corrected chi connectivity index (χ0v) is 18.6. The van der Waals surface area contributed by atoms with Crippen molar-refractivity contribution in [2.24, 2.45) is 5.92 Å². The van der Waals surface area contributed by atoms with Gasteiger partial charge in [-0.2, -0.15) is 4.31 Å². The lowest BCUT2D eigenvalue weighted by Crippen LogP contribution is -2.39. The van der Waals surface area contributed by atoms with E-state index >= 15 is 0 Å². The Morgan fingerprint density at radius 1 is 1.23 bits per heavy atom. The number of piperidine rings is 1. The topological polar surface area (TPSA) is 91.4 Å². The largest absolute Gasteiger partial charge is 0.273 e. The molecule has 1 atom stereocenters. The summed E-state index contributed by atoms with van der Waals surface area (Å²) in [5.41, 5.74) is 6.50. The minimum Gasteiger partial charge on any atom is -0.273 e. The van der Waals surface area contributed by atoms with Crippen LogP contribution in [0.2, 0.25) is 5.02 Å². The Morgan fingerprint density at radius 3 is 2.73 bits per heavy atom. The van der Waals surface area contributed by atoms with Crippen molar-refractivity contribution in [3.63, 3.8) is 0 Å². The number of benzene rings is 2. The van der Waals surface area contributed by atoms with Gasteiger partial charge in [0.15, 0.2) is 0 Å². The first-order valence-electron chi connectivity index (χ1n) is 9.55. The molecule has 158 valence electrons. The SMILES string of the molecule is C[C@H]1CCCN(S(=O)(=O)c2ccc(C(=O)NNc3nc4ccc(Cl)cc4s3)cc2)C1. The van der Waals surface area contributed by atoms with E-state index in [0.29, 0.717) is 34.7 Å². The highest BCUT2D eigenvalue weighted by Gasteiger charge is 2.28. The maximum Gasteiger partial charge on any atom is 0.269 e. The quantitative estimate of drug-likeness (QED) is 0.554. The number of thiazole rings is 1. The van der Waals surface area contributed by atoms with Gasteiger partial charge in [0.2, 0.25) is 15.2 Å². The highest BCUT2D eigenvalue weighted by molar-refractivity contribution is 7.89. The number of anilines is 1. The Balaban J connectivity index is 1.42. The average Bonchev–Trinajstić information content (AvgIpc) is 3.14. The average molecular weight is 465 g/mol. The van der Waals surface area contributed by atoms with Crippen LogP contribution in [0, 0.1) is 5.92 Å². The predicted molar refractivity (Wildman–Crippen MR) is 119 cm³/mol. The number of hydrogen-bond donors (Lipinski definition) is 2. The molecule has 2 N–H and O–H groups in total. The maximum absolute atomic E-state index is 12.8. The van der Waals surface area contributed by atoms with Crippen molar-refractivity contribution in [3.05, 3.63) is 53.1 Å². The molecule has 1 aliphatic rings. The summed E-state index contributed by atoms with van der Waals surface area (Å²) in [6.07, 6.45) is 1.91. The van der Waals surface area contributed by atoms with Crippen molar-refractivity contribution in [1.29, 1.82) is 0 Å². The molecule has 1 fully saturated rings. The summed E-state index contributed by atoms with van der Waals surface area (Å²) in [5, 5.41) is 1.15. The fourth-order valence-electron chi connectivity index (χ4n) is 3.43. The van der Waals surface area contributed by atoms with E-state index in [0.717, 1.165) is 23.1 Å². The fourth-order valence-corrected chi connectivity index (χ4v) is 6.12. The Kier molecular flexibility index (Phi) is 5.97. The number of halogens is 1. The monoisotopic (exact) mass is 464 g/mol. The number of carbonyl (C=O) groups excluding carboxylic acids is 1. The lowest BCUT2D eigenvalue weighted by Gasteiger charge is -2.30. The molecule has 0 bridgehead atoms. The second-order valence-corrected chi connectivity index (χ2v) is 10.8. The van der Waals surface area contributed by atoms with E-state index in [9.17, 15) is 13.2 Å². The highest BCUT2D eigenvalue weighted by atomic mass is 35.5. The van der Waals surface area contributed by atoms with Gasteiger partial charge in [0.25, 0.3) is 5.91 Å². The molecule has 0 spiro atoms. The van der Waals surface area contributed by atoms with Crippen LogP contribution >= 0.6 is 22.9 Å². The number of hydrazine groups is 1. The van der Waals surface area contributed by atoms with E-state index in [2.05, 4.69) is 22.8 Å². The van der Waals surface area contributed by atoms with Crippen LogP contribution in [0.5, 0.6) is 0 Å². The van der Waals surface area contributed by atoms with Crippen molar-refractivity contribution < 1.29 is 13.2 Å². The number of amides is 1. The smallest absolute Gasteiger partial charge is 0.269 e. The molecule has 1 amide bonds. The van der Waals surface area contributed by atoms with Crippen LogP contribution in [0.15, 0.2) is 47.4 Å².